The number of aromatic nitrogens is 1. The number of fused-ring (bicyclic) bond motifs is 1. The summed E-state index contributed by atoms with van der Waals surface area (Å²) in [5.41, 5.74) is -0.617. The number of phenolic OH excluding ortho intramolecular Hbond substituents is 1. The van der Waals surface area contributed by atoms with E-state index in [1.807, 2.05) is 11.8 Å². The molecule has 1 aliphatic heterocycles. The van der Waals surface area contributed by atoms with Gasteiger partial charge in [-0.3, -0.25) is 4.79 Å². The Morgan fingerprint density at radius 2 is 1.91 bits per heavy atom. The number of methoxy groups -OCH3 is 1. The summed E-state index contributed by atoms with van der Waals surface area (Å²) in [5, 5.41) is 20.9. The Labute approximate surface area is 194 Å². The maximum atomic E-state index is 14.7. The van der Waals surface area contributed by atoms with Crippen molar-refractivity contribution in [3.05, 3.63) is 63.9 Å². The fourth-order valence-electron chi connectivity index (χ4n) is 3.52. The topological polar surface area (TPSA) is 115 Å². The Hall–Kier alpha value is -3.37. The monoisotopic (exact) mass is 483 g/mol. The Balaban J connectivity index is 0.000000364. The predicted octanol–water partition coefficient (Wildman–Crippen LogP) is 3.13. The number of ether oxygens (including phenoxy) is 1. The molecule has 11 heteroatoms. The minimum Gasteiger partial charge on any atom is -0.508 e. The van der Waals surface area contributed by atoms with Gasteiger partial charge in [0.25, 0.3) is 0 Å². The van der Waals surface area contributed by atoms with Crippen LogP contribution in [-0.4, -0.2) is 54.0 Å². The van der Waals surface area contributed by atoms with Gasteiger partial charge in [0.2, 0.25) is 5.43 Å². The van der Waals surface area contributed by atoms with Crippen LogP contribution in [0.5, 0.6) is 11.5 Å². The van der Waals surface area contributed by atoms with E-state index in [1.54, 1.807) is 0 Å². The number of piperazine rings is 1. The highest BCUT2D eigenvalue weighted by Gasteiger charge is 2.26. The number of H-pyrrole nitrogens is 1. The molecule has 1 aromatic heterocycles. The number of aromatic amines is 1. The van der Waals surface area contributed by atoms with E-state index in [1.165, 1.54) is 31.4 Å². The van der Waals surface area contributed by atoms with Gasteiger partial charge in [-0.05, 0) is 37.3 Å². The number of phenols is 1. The molecule has 0 amide bonds. The lowest BCUT2D eigenvalue weighted by Gasteiger charge is -2.34. The Morgan fingerprint density at radius 3 is 2.45 bits per heavy atom. The molecule has 3 aromatic rings. The molecule has 1 aliphatic rings. The van der Waals surface area contributed by atoms with Crippen LogP contribution in [0.4, 0.5) is 14.5 Å². The fraction of sp³-hybridized carbons (Fsp3) is 0.273. The number of hydrogen-bond acceptors (Lipinski definition) is 6. The van der Waals surface area contributed by atoms with Crippen molar-refractivity contribution in [1.82, 2.24) is 10.3 Å². The summed E-state index contributed by atoms with van der Waals surface area (Å²) in [5.74, 6) is -2.01. The lowest BCUT2D eigenvalue weighted by Crippen LogP contribution is -2.49. The number of aromatic hydroxyl groups is 1. The van der Waals surface area contributed by atoms with Crippen LogP contribution in [0, 0.1) is 11.6 Å². The first-order valence-corrected chi connectivity index (χ1v) is 9.81. The van der Waals surface area contributed by atoms with Crippen LogP contribution in [0.25, 0.3) is 10.9 Å². The maximum absolute atomic E-state index is 14.7. The molecule has 1 fully saturated rings. The molecule has 33 heavy (non-hydrogen) atoms. The second kappa shape index (κ2) is 11.0. The molecule has 2 aromatic carbocycles. The second-order valence-electron chi connectivity index (χ2n) is 7.28. The Kier molecular flexibility index (Phi) is 8.61. The summed E-state index contributed by atoms with van der Waals surface area (Å²) in [4.78, 5) is 28.0. The van der Waals surface area contributed by atoms with Crippen LogP contribution in [0.1, 0.15) is 17.3 Å². The predicted molar refractivity (Wildman–Crippen MR) is 123 cm³/mol. The van der Waals surface area contributed by atoms with Crippen LogP contribution in [0.15, 0.2) is 41.3 Å². The van der Waals surface area contributed by atoms with E-state index < -0.39 is 22.8 Å². The van der Waals surface area contributed by atoms with E-state index in [0.29, 0.717) is 19.6 Å². The number of hydrogen-bond donors (Lipinski definition) is 4. The normalized spacial score (nSPS) is 15.3. The average Bonchev–Trinajstić information content (AvgIpc) is 2.75. The molecule has 1 saturated heterocycles. The van der Waals surface area contributed by atoms with Crippen molar-refractivity contribution < 1.29 is 28.5 Å². The molecule has 178 valence electrons. The van der Waals surface area contributed by atoms with E-state index in [0.717, 1.165) is 12.3 Å². The minimum absolute atomic E-state index is 0. The van der Waals surface area contributed by atoms with Gasteiger partial charge in [-0.2, -0.15) is 0 Å². The smallest absolute Gasteiger partial charge is 0.341 e. The number of carbonyl (C=O) groups is 1. The Morgan fingerprint density at radius 1 is 1.24 bits per heavy atom. The first-order chi connectivity index (χ1) is 15.2. The van der Waals surface area contributed by atoms with E-state index in [2.05, 4.69) is 10.3 Å². The number of nitrogens with zero attached hydrogens (tertiary/aromatic N) is 1. The fourth-order valence-corrected chi connectivity index (χ4v) is 3.52. The molecule has 4 rings (SSSR count). The van der Waals surface area contributed by atoms with Crippen LogP contribution in [-0.2, 0) is 0 Å². The van der Waals surface area contributed by atoms with Crippen molar-refractivity contribution in [3.8, 4) is 11.5 Å². The standard InChI is InChI=1S/C16H18FN3O4.C6H5FO.ClH/c1-8-7-20(4-3-18-8)13-11(17)5-9-12(15(13)24-2)19-6-10(14(9)21)16(22)23;7-5-1-3-6(8)4-2-5;/h5-6,8,18H,3-4,7H2,1-2H3,(H,19,21)(H,22,23);1-4,8H;1H. The first kappa shape index (κ1) is 25.9. The highest BCUT2D eigenvalue weighted by atomic mass is 35.5. The summed E-state index contributed by atoms with van der Waals surface area (Å²) in [7, 11) is 1.40. The number of benzene rings is 2. The third-order valence-electron chi connectivity index (χ3n) is 5.01. The highest BCUT2D eigenvalue weighted by molar-refractivity contribution is 5.96. The zero-order valence-corrected chi connectivity index (χ0v) is 18.7. The quantitative estimate of drug-likeness (QED) is 0.452. The van der Waals surface area contributed by atoms with E-state index in [9.17, 15) is 18.4 Å². The molecular formula is C22H24ClF2N3O5. The van der Waals surface area contributed by atoms with Gasteiger partial charge >= 0.3 is 5.97 Å². The van der Waals surface area contributed by atoms with Crippen molar-refractivity contribution in [3.63, 3.8) is 0 Å². The van der Waals surface area contributed by atoms with Gasteiger partial charge in [-0.15, -0.1) is 12.4 Å². The average molecular weight is 484 g/mol. The van der Waals surface area contributed by atoms with Crippen molar-refractivity contribution in [1.29, 1.82) is 0 Å². The van der Waals surface area contributed by atoms with Crippen molar-refractivity contribution in [2.45, 2.75) is 13.0 Å². The molecule has 1 atom stereocenters. The van der Waals surface area contributed by atoms with Gasteiger partial charge < -0.3 is 30.2 Å². The molecule has 4 N–H and O–H groups in total. The highest BCUT2D eigenvalue weighted by Crippen LogP contribution is 2.37. The molecule has 0 saturated carbocycles. The van der Waals surface area contributed by atoms with Gasteiger partial charge in [0.15, 0.2) is 11.6 Å². The maximum Gasteiger partial charge on any atom is 0.341 e. The molecular weight excluding hydrogens is 460 g/mol. The Bertz CT molecular complexity index is 1170. The molecule has 0 radical (unpaired) electrons. The first-order valence-electron chi connectivity index (χ1n) is 9.81. The lowest BCUT2D eigenvalue weighted by atomic mass is 10.1. The second-order valence-corrected chi connectivity index (χ2v) is 7.28. The molecule has 0 aliphatic carbocycles. The third kappa shape index (κ3) is 5.71. The molecule has 1 unspecified atom stereocenters. The zero-order valence-electron chi connectivity index (χ0n) is 17.9. The van der Waals surface area contributed by atoms with Gasteiger partial charge in [-0.25, -0.2) is 13.6 Å². The van der Waals surface area contributed by atoms with Gasteiger partial charge in [-0.1, -0.05) is 0 Å². The number of rotatable bonds is 3. The van der Waals surface area contributed by atoms with Crippen LogP contribution in [0.2, 0.25) is 0 Å². The van der Waals surface area contributed by atoms with E-state index >= 15 is 0 Å². The van der Waals surface area contributed by atoms with Crippen LogP contribution in [0.3, 0.4) is 0 Å². The number of carboxylic acids is 1. The molecule has 8 nitrogen and oxygen atoms in total. The lowest BCUT2D eigenvalue weighted by molar-refractivity contribution is 0.0695. The molecule has 0 bridgehead atoms. The number of aromatic carboxylic acids is 1. The summed E-state index contributed by atoms with van der Waals surface area (Å²) >= 11 is 0. The summed E-state index contributed by atoms with van der Waals surface area (Å²) < 4.78 is 32.1. The van der Waals surface area contributed by atoms with E-state index in [-0.39, 0.29) is 52.4 Å². The summed E-state index contributed by atoms with van der Waals surface area (Å²) in [6, 6.07) is 6.27. The number of halogens is 3. The summed E-state index contributed by atoms with van der Waals surface area (Å²) in [6.07, 6.45) is 1.11. The minimum atomic E-state index is -1.36. The van der Waals surface area contributed by atoms with Crippen molar-refractivity contribution in [2.75, 3.05) is 31.6 Å². The number of nitrogens with one attached hydrogen (secondary N) is 2. The van der Waals surface area contributed by atoms with Crippen LogP contribution >= 0.6 is 12.4 Å². The SMILES string of the molecule is COc1c(N2CCNC(C)C2)c(F)cc2c(=O)c(C(=O)O)c[nH]c12.Cl.Oc1ccc(F)cc1. The van der Waals surface area contributed by atoms with Gasteiger partial charge in [0, 0.05) is 31.9 Å². The van der Waals surface area contributed by atoms with Crippen LogP contribution < -0.4 is 20.4 Å². The number of anilines is 1. The number of carboxylic acid groups (broad SMARTS) is 1. The molecule has 2 heterocycles. The van der Waals surface area contributed by atoms with Gasteiger partial charge in [0.1, 0.15) is 22.8 Å². The summed E-state index contributed by atoms with van der Waals surface area (Å²) in [6.45, 7) is 3.89. The largest absolute Gasteiger partial charge is 0.508 e. The molecule has 0 spiro atoms. The van der Waals surface area contributed by atoms with Crippen molar-refractivity contribution in [2.24, 2.45) is 0 Å². The van der Waals surface area contributed by atoms with E-state index in [4.69, 9.17) is 14.9 Å². The van der Waals surface area contributed by atoms with Gasteiger partial charge in [0.05, 0.1) is 18.0 Å². The van der Waals surface area contributed by atoms with Crippen molar-refractivity contribution >= 4 is 35.0 Å². The third-order valence-corrected chi connectivity index (χ3v) is 5.01. The number of pyridine rings is 1. The zero-order chi connectivity index (χ0) is 23.4.